The van der Waals surface area contributed by atoms with Gasteiger partial charge in [-0.25, -0.2) is 0 Å². The quantitative estimate of drug-likeness (QED) is 0.774. The molecule has 1 aliphatic carbocycles. The highest BCUT2D eigenvalue weighted by Crippen LogP contribution is 2.23. The molecule has 1 aliphatic rings. The third-order valence-corrected chi connectivity index (χ3v) is 2.77. The van der Waals surface area contributed by atoms with E-state index in [2.05, 4.69) is 4.98 Å². The minimum Gasteiger partial charge on any atom is -0.489 e. The molecule has 2 atom stereocenters. The smallest absolute Gasteiger partial charge is 0.267 e. The number of amides is 1. The molecule has 0 radical (unpaired) electrons. The van der Waals surface area contributed by atoms with Crippen LogP contribution >= 0.6 is 0 Å². The number of rotatable bonds is 3. The third kappa shape index (κ3) is 2.30. The van der Waals surface area contributed by atoms with Crippen LogP contribution in [-0.4, -0.2) is 23.0 Å². The van der Waals surface area contributed by atoms with Crippen molar-refractivity contribution >= 4 is 5.91 Å². The van der Waals surface area contributed by atoms with Crippen LogP contribution in [0.2, 0.25) is 0 Å². The molecule has 0 spiro atoms. The summed E-state index contributed by atoms with van der Waals surface area (Å²) >= 11 is 0. The first-order valence-electron chi connectivity index (χ1n) is 5.35. The molecule has 0 aliphatic heterocycles. The van der Waals surface area contributed by atoms with Crippen LogP contribution in [0.4, 0.5) is 0 Å². The Morgan fingerprint density at radius 3 is 2.94 bits per heavy atom. The molecule has 16 heavy (non-hydrogen) atoms. The van der Waals surface area contributed by atoms with Crippen LogP contribution in [0.25, 0.3) is 0 Å². The number of hydrogen-bond acceptors (Lipinski definition) is 4. The van der Waals surface area contributed by atoms with E-state index in [1.807, 2.05) is 0 Å². The molecule has 1 saturated carbocycles. The van der Waals surface area contributed by atoms with Crippen molar-refractivity contribution in [2.75, 3.05) is 0 Å². The zero-order valence-corrected chi connectivity index (χ0v) is 8.93. The van der Waals surface area contributed by atoms with Gasteiger partial charge in [0, 0.05) is 18.3 Å². The second-order valence-corrected chi connectivity index (χ2v) is 3.99. The van der Waals surface area contributed by atoms with E-state index in [9.17, 15) is 4.79 Å². The standard InChI is InChI=1S/C11H15N3O2/c12-8-2-1-3-10(8)16-7-4-5-14-9(6-7)11(13)15/h4-6,8,10H,1-3,12H2,(H2,13,15). The molecule has 1 amide bonds. The third-order valence-electron chi connectivity index (χ3n) is 2.77. The van der Waals surface area contributed by atoms with Crippen molar-refractivity contribution in [2.45, 2.75) is 31.4 Å². The highest BCUT2D eigenvalue weighted by molar-refractivity contribution is 5.91. The van der Waals surface area contributed by atoms with Gasteiger partial charge in [0.1, 0.15) is 17.5 Å². The van der Waals surface area contributed by atoms with Crippen LogP contribution in [0.5, 0.6) is 5.75 Å². The molecule has 5 heteroatoms. The zero-order chi connectivity index (χ0) is 11.5. The Labute approximate surface area is 93.8 Å². The van der Waals surface area contributed by atoms with E-state index in [-0.39, 0.29) is 17.8 Å². The van der Waals surface area contributed by atoms with Gasteiger partial charge in [-0.2, -0.15) is 0 Å². The van der Waals surface area contributed by atoms with Gasteiger partial charge in [0.15, 0.2) is 0 Å². The van der Waals surface area contributed by atoms with E-state index in [1.165, 1.54) is 6.20 Å². The Kier molecular flexibility index (Phi) is 3.05. The largest absolute Gasteiger partial charge is 0.489 e. The summed E-state index contributed by atoms with van der Waals surface area (Å²) in [6.45, 7) is 0. The summed E-state index contributed by atoms with van der Waals surface area (Å²) in [6.07, 6.45) is 4.56. The Balaban J connectivity index is 2.09. The molecule has 1 fully saturated rings. The van der Waals surface area contributed by atoms with Crippen LogP contribution in [0.15, 0.2) is 18.3 Å². The van der Waals surface area contributed by atoms with E-state index in [4.69, 9.17) is 16.2 Å². The number of aromatic nitrogens is 1. The van der Waals surface area contributed by atoms with E-state index in [0.717, 1.165) is 19.3 Å². The molecule has 86 valence electrons. The summed E-state index contributed by atoms with van der Waals surface area (Å²) in [5.74, 6) is 0.0484. The summed E-state index contributed by atoms with van der Waals surface area (Å²) in [4.78, 5) is 14.8. The van der Waals surface area contributed by atoms with Crippen molar-refractivity contribution in [1.29, 1.82) is 0 Å². The second-order valence-electron chi connectivity index (χ2n) is 3.99. The second kappa shape index (κ2) is 4.49. The predicted molar refractivity (Wildman–Crippen MR) is 59.0 cm³/mol. The minimum absolute atomic E-state index is 0.0307. The monoisotopic (exact) mass is 221 g/mol. The van der Waals surface area contributed by atoms with E-state index >= 15 is 0 Å². The number of carbonyl (C=O) groups excluding carboxylic acids is 1. The highest BCUT2D eigenvalue weighted by atomic mass is 16.5. The number of pyridine rings is 1. The molecule has 5 nitrogen and oxygen atoms in total. The van der Waals surface area contributed by atoms with Crippen molar-refractivity contribution in [2.24, 2.45) is 11.5 Å². The van der Waals surface area contributed by atoms with E-state index in [1.54, 1.807) is 12.1 Å². The SMILES string of the molecule is NC(=O)c1cc(OC2CCCC2N)ccn1. The van der Waals surface area contributed by atoms with Crippen molar-refractivity contribution in [1.82, 2.24) is 4.98 Å². The van der Waals surface area contributed by atoms with Crippen LogP contribution in [0, 0.1) is 0 Å². The predicted octanol–water partition coefficient (Wildman–Crippen LogP) is 0.439. The van der Waals surface area contributed by atoms with Crippen LogP contribution < -0.4 is 16.2 Å². The van der Waals surface area contributed by atoms with Gasteiger partial charge >= 0.3 is 0 Å². The molecule has 0 bridgehead atoms. The Hall–Kier alpha value is -1.62. The van der Waals surface area contributed by atoms with Gasteiger partial charge in [-0.15, -0.1) is 0 Å². The number of hydrogen-bond donors (Lipinski definition) is 2. The van der Waals surface area contributed by atoms with Gasteiger partial charge < -0.3 is 16.2 Å². The maximum absolute atomic E-state index is 10.9. The Morgan fingerprint density at radius 1 is 1.50 bits per heavy atom. The lowest BCUT2D eigenvalue weighted by Crippen LogP contribution is -2.33. The summed E-state index contributed by atoms with van der Waals surface area (Å²) in [7, 11) is 0. The maximum Gasteiger partial charge on any atom is 0.267 e. The molecule has 1 heterocycles. The lowest BCUT2D eigenvalue weighted by molar-refractivity contribution is 0.0994. The molecule has 0 aromatic carbocycles. The lowest BCUT2D eigenvalue weighted by Gasteiger charge is -2.17. The number of nitrogens with two attached hydrogens (primary N) is 2. The number of ether oxygens (including phenoxy) is 1. The number of primary amides is 1. The minimum atomic E-state index is -0.554. The van der Waals surface area contributed by atoms with Crippen molar-refractivity contribution in [3.8, 4) is 5.75 Å². The summed E-state index contributed by atoms with van der Waals surface area (Å²) in [5.41, 5.74) is 11.2. The molecule has 2 unspecified atom stereocenters. The molecule has 0 saturated heterocycles. The van der Waals surface area contributed by atoms with Crippen molar-refractivity contribution in [3.05, 3.63) is 24.0 Å². The fourth-order valence-electron chi connectivity index (χ4n) is 1.90. The topological polar surface area (TPSA) is 91.2 Å². The maximum atomic E-state index is 10.9. The van der Waals surface area contributed by atoms with Gasteiger partial charge in [0.25, 0.3) is 5.91 Å². The number of carbonyl (C=O) groups is 1. The average molecular weight is 221 g/mol. The van der Waals surface area contributed by atoms with Crippen LogP contribution in [-0.2, 0) is 0 Å². The van der Waals surface area contributed by atoms with Gasteiger partial charge in [-0.1, -0.05) is 0 Å². The van der Waals surface area contributed by atoms with E-state index in [0.29, 0.717) is 5.75 Å². The van der Waals surface area contributed by atoms with Crippen LogP contribution in [0.1, 0.15) is 29.8 Å². The highest BCUT2D eigenvalue weighted by Gasteiger charge is 2.25. The molecular weight excluding hydrogens is 206 g/mol. The van der Waals surface area contributed by atoms with Gasteiger partial charge in [-0.3, -0.25) is 9.78 Å². The van der Waals surface area contributed by atoms with Crippen LogP contribution in [0.3, 0.4) is 0 Å². The molecule has 4 N–H and O–H groups in total. The summed E-state index contributed by atoms with van der Waals surface area (Å²) < 4.78 is 5.71. The first-order valence-corrected chi connectivity index (χ1v) is 5.35. The molecule has 2 rings (SSSR count). The Bertz CT molecular complexity index is 395. The zero-order valence-electron chi connectivity index (χ0n) is 8.93. The summed E-state index contributed by atoms with van der Waals surface area (Å²) in [5, 5.41) is 0. The molecule has 1 aromatic heterocycles. The molecule has 1 aromatic rings. The normalized spacial score (nSPS) is 24.3. The molecular formula is C11H15N3O2. The van der Waals surface area contributed by atoms with Gasteiger partial charge in [-0.05, 0) is 25.3 Å². The van der Waals surface area contributed by atoms with Gasteiger partial charge in [0.2, 0.25) is 0 Å². The van der Waals surface area contributed by atoms with Gasteiger partial charge in [0.05, 0.1) is 0 Å². The first-order chi connectivity index (χ1) is 7.66. The number of nitrogens with zero attached hydrogens (tertiary/aromatic N) is 1. The van der Waals surface area contributed by atoms with Crippen molar-refractivity contribution < 1.29 is 9.53 Å². The fourth-order valence-corrected chi connectivity index (χ4v) is 1.90. The van der Waals surface area contributed by atoms with Crippen molar-refractivity contribution in [3.63, 3.8) is 0 Å². The first kappa shape index (κ1) is 10.9. The lowest BCUT2D eigenvalue weighted by atomic mass is 10.2. The van der Waals surface area contributed by atoms with E-state index < -0.39 is 5.91 Å². The average Bonchev–Trinajstić information content (AvgIpc) is 2.65. The fraction of sp³-hybridized carbons (Fsp3) is 0.455. The summed E-state index contributed by atoms with van der Waals surface area (Å²) in [6, 6.07) is 3.33. The Morgan fingerprint density at radius 2 is 2.31 bits per heavy atom.